The highest BCUT2D eigenvalue weighted by molar-refractivity contribution is 7.80. The molecule has 2 aliphatic heterocycles. The van der Waals surface area contributed by atoms with Crippen LogP contribution in [-0.4, -0.2) is 47.4 Å². The molecule has 4 atom stereocenters. The van der Waals surface area contributed by atoms with E-state index >= 15 is 0 Å². The number of carbonyl (C=O) groups is 2. The number of hydrogen-bond donors (Lipinski definition) is 4. The highest BCUT2D eigenvalue weighted by atomic mass is 32.1. The number of anilines is 1. The fraction of sp³-hybridized carbons (Fsp3) is 0.522. The lowest BCUT2D eigenvalue weighted by Gasteiger charge is -2.27. The summed E-state index contributed by atoms with van der Waals surface area (Å²) in [7, 11) is 0. The number of thiocarbonyl (C=S) groups is 1. The number of hydrogen-bond acceptors (Lipinski definition) is 4. The molecule has 2 saturated heterocycles. The van der Waals surface area contributed by atoms with Crippen molar-refractivity contribution in [3.63, 3.8) is 0 Å². The summed E-state index contributed by atoms with van der Waals surface area (Å²) < 4.78 is 6.09. The van der Waals surface area contributed by atoms with Crippen molar-refractivity contribution in [3.8, 4) is 0 Å². The number of ether oxygens (including phenoxy) is 1. The van der Waals surface area contributed by atoms with Gasteiger partial charge in [-0.25, -0.2) is 0 Å². The number of benzene rings is 1. The first-order valence-corrected chi connectivity index (χ1v) is 11.3. The van der Waals surface area contributed by atoms with Gasteiger partial charge in [0.1, 0.15) is 0 Å². The Bertz CT molecular complexity index is 786. The van der Waals surface area contributed by atoms with E-state index in [4.69, 9.17) is 22.1 Å². The standard InChI is InChI=1S/C23H31N3O4S/c27-21(15-25-23(31)26-16-8-4-3-5-9-16)24-14-18-17(19-12-13-20(18)30-19)10-6-1-2-7-11-22(28)29/h1,3-6,8-9,17-20H,2,7,10-15H2,(H,24,27)(H,28,29)(H2,25,26,31)/b6-1-/t17-,18+,19-,20+/m1/s1. The van der Waals surface area contributed by atoms with Crippen LogP contribution in [0.25, 0.3) is 0 Å². The summed E-state index contributed by atoms with van der Waals surface area (Å²) in [6, 6.07) is 9.57. The Hall–Kier alpha value is -2.45. The lowest BCUT2D eigenvalue weighted by molar-refractivity contribution is -0.137. The Morgan fingerprint density at radius 2 is 1.84 bits per heavy atom. The molecule has 0 aliphatic carbocycles. The predicted molar refractivity (Wildman–Crippen MR) is 124 cm³/mol. The molecule has 0 spiro atoms. The second-order valence-corrected chi connectivity index (χ2v) is 8.50. The molecular weight excluding hydrogens is 414 g/mol. The van der Waals surface area contributed by atoms with Crippen LogP contribution in [0.4, 0.5) is 5.69 Å². The minimum Gasteiger partial charge on any atom is -0.481 e. The second-order valence-electron chi connectivity index (χ2n) is 8.09. The van der Waals surface area contributed by atoms with Crippen LogP contribution in [0.5, 0.6) is 0 Å². The van der Waals surface area contributed by atoms with Gasteiger partial charge in [-0.05, 0) is 62.4 Å². The lowest BCUT2D eigenvalue weighted by atomic mass is 9.77. The molecule has 2 bridgehead atoms. The van der Waals surface area contributed by atoms with E-state index in [0.717, 1.165) is 31.4 Å². The van der Waals surface area contributed by atoms with E-state index < -0.39 is 5.97 Å². The molecule has 2 heterocycles. The molecule has 2 fully saturated rings. The Labute approximate surface area is 188 Å². The van der Waals surface area contributed by atoms with Gasteiger partial charge in [0.05, 0.1) is 18.8 Å². The third-order valence-electron chi connectivity index (χ3n) is 5.90. The largest absolute Gasteiger partial charge is 0.481 e. The molecule has 1 amide bonds. The average Bonchev–Trinajstić information content (AvgIpc) is 3.35. The molecule has 4 N–H and O–H groups in total. The molecule has 0 unspecified atom stereocenters. The number of fused-ring (bicyclic) bond motifs is 2. The Morgan fingerprint density at radius 3 is 2.58 bits per heavy atom. The fourth-order valence-electron chi connectivity index (χ4n) is 4.37. The fourth-order valence-corrected chi connectivity index (χ4v) is 4.56. The van der Waals surface area contributed by atoms with Gasteiger partial charge in [-0.2, -0.15) is 0 Å². The van der Waals surface area contributed by atoms with Crippen molar-refractivity contribution >= 4 is 34.9 Å². The minimum atomic E-state index is -0.753. The Morgan fingerprint density at radius 1 is 1.10 bits per heavy atom. The molecule has 1 aromatic rings. The summed E-state index contributed by atoms with van der Waals surface area (Å²) >= 11 is 5.24. The number of carboxylic acid groups (broad SMARTS) is 1. The van der Waals surface area contributed by atoms with Gasteiger partial charge in [0.2, 0.25) is 5.91 Å². The van der Waals surface area contributed by atoms with Crippen LogP contribution in [0.3, 0.4) is 0 Å². The maximum atomic E-state index is 12.3. The van der Waals surface area contributed by atoms with Gasteiger partial charge in [-0.3, -0.25) is 9.59 Å². The number of para-hydroxylation sites is 1. The van der Waals surface area contributed by atoms with E-state index in [0.29, 0.717) is 29.9 Å². The molecule has 168 valence electrons. The zero-order valence-corrected chi connectivity index (χ0v) is 18.4. The number of nitrogens with one attached hydrogen (secondary N) is 3. The Balaban J connectivity index is 1.37. The molecule has 8 heteroatoms. The molecule has 0 saturated carbocycles. The van der Waals surface area contributed by atoms with E-state index in [-0.39, 0.29) is 31.1 Å². The summed E-state index contributed by atoms with van der Waals surface area (Å²) in [4.78, 5) is 22.9. The highest BCUT2D eigenvalue weighted by Crippen LogP contribution is 2.44. The third kappa shape index (κ3) is 7.33. The molecule has 31 heavy (non-hydrogen) atoms. The van der Waals surface area contributed by atoms with Gasteiger partial charge in [0.25, 0.3) is 0 Å². The van der Waals surface area contributed by atoms with Crippen molar-refractivity contribution < 1.29 is 19.4 Å². The quantitative estimate of drug-likeness (QED) is 0.236. The number of amides is 1. The molecular formula is C23H31N3O4S. The smallest absolute Gasteiger partial charge is 0.303 e. The van der Waals surface area contributed by atoms with Gasteiger partial charge in [0.15, 0.2) is 5.11 Å². The number of rotatable bonds is 11. The zero-order chi connectivity index (χ0) is 22.1. The van der Waals surface area contributed by atoms with Crippen molar-refractivity contribution in [2.75, 3.05) is 18.4 Å². The van der Waals surface area contributed by atoms with Gasteiger partial charge in [0, 0.05) is 24.6 Å². The number of aliphatic carboxylic acids is 1. The minimum absolute atomic E-state index is 0.0945. The molecule has 1 aromatic carbocycles. The molecule has 7 nitrogen and oxygen atoms in total. The summed E-state index contributed by atoms with van der Waals surface area (Å²) in [6.45, 7) is 0.715. The van der Waals surface area contributed by atoms with Crippen LogP contribution in [0, 0.1) is 11.8 Å². The van der Waals surface area contributed by atoms with Crippen LogP contribution in [0.2, 0.25) is 0 Å². The van der Waals surface area contributed by atoms with Crippen molar-refractivity contribution in [1.29, 1.82) is 0 Å². The van der Waals surface area contributed by atoms with Gasteiger partial charge < -0.3 is 25.8 Å². The van der Waals surface area contributed by atoms with Crippen molar-refractivity contribution in [2.45, 2.75) is 50.7 Å². The first kappa shape index (κ1) is 23.2. The predicted octanol–water partition coefficient (Wildman–Crippen LogP) is 3.08. The van der Waals surface area contributed by atoms with E-state index in [1.807, 2.05) is 30.3 Å². The van der Waals surface area contributed by atoms with E-state index in [9.17, 15) is 9.59 Å². The van der Waals surface area contributed by atoms with Crippen molar-refractivity contribution in [3.05, 3.63) is 42.5 Å². The summed E-state index contributed by atoms with van der Waals surface area (Å²) in [5.74, 6) is -0.149. The summed E-state index contributed by atoms with van der Waals surface area (Å²) in [5, 5.41) is 18.1. The number of carboxylic acids is 1. The van der Waals surface area contributed by atoms with E-state index in [1.165, 1.54) is 0 Å². The van der Waals surface area contributed by atoms with Crippen LogP contribution in [-0.2, 0) is 14.3 Å². The monoisotopic (exact) mass is 445 g/mol. The maximum absolute atomic E-state index is 12.3. The van der Waals surface area contributed by atoms with Crippen LogP contribution < -0.4 is 16.0 Å². The molecule has 3 rings (SSSR count). The topological polar surface area (TPSA) is 99.7 Å². The molecule has 2 aliphatic rings. The summed E-state index contributed by atoms with van der Waals surface area (Å²) in [5.41, 5.74) is 0.874. The molecule has 0 aromatic heterocycles. The van der Waals surface area contributed by atoms with Crippen LogP contribution in [0.1, 0.15) is 38.5 Å². The van der Waals surface area contributed by atoms with Crippen LogP contribution >= 0.6 is 12.2 Å². The van der Waals surface area contributed by atoms with Gasteiger partial charge in [-0.1, -0.05) is 30.4 Å². The lowest BCUT2D eigenvalue weighted by Crippen LogP contribution is -2.43. The normalized spacial score (nSPS) is 24.3. The Kier molecular flexibility index (Phi) is 8.85. The number of unbranched alkanes of at least 4 members (excludes halogenated alkanes) is 1. The van der Waals surface area contributed by atoms with Gasteiger partial charge >= 0.3 is 5.97 Å². The molecule has 0 radical (unpaired) electrons. The van der Waals surface area contributed by atoms with Crippen molar-refractivity contribution in [1.82, 2.24) is 10.6 Å². The third-order valence-corrected chi connectivity index (χ3v) is 6.15. The number of carbonyl (C=O) groups excluding carboxylic acids is 1. The zero-order valence-electron chi connectivity index (χ0n) is 17.6. The first-order chi connectivity index (χ1) is 15.0. The number of allylic oxidation sites excluding steroid dienone is 2. The SMILES string of the molecule is O=C(O)CCC/C=C\C[C@@H]1[C@H](CNC(=O)CNC(=S)Nc2ccccc2)[C@@H]2CC[C@H]1O2. The van der Waals surface area contributed by atoms with E-state index in [1.54, 1.807) is 0 Å². The summed E-state index contributed by atoms with van der Waals surface area (Å²) in [6.07, 6.45) is 9.34. The highest BCUT2D eigenvalue weighted by Gasteiger charge is 2.47. The van der Waals surface area contributed by atoms with Gasteiger partial charge in [-0.15, -0.1) is 0 Å². The first-order valence-electron chi connectivity index (χ1n) is 10.9. The average molecular weight is 446 g/mol. The van der Waals surface area contributed by atoms with Crippen molar-refractivity contribution in [2.24, 2.45) is 11.8 Å². The second kappa shape index (κ2) is 11.8. The van der Waals surface area contributed by atoms with Crippen LogP contribution in [0.15, 0.2) is 42.5 Å². The van der Waals surface area contributed by atoms with E-state index in [2.05, 4.69) is 28.1 Å². The maximum Gasteiger partial charge on any atom is 0.303 e.